The second-order valence-electron chi connectivity index (χ2n) is 5.59. The van der Waals surface area contributed by atoms with Crippen molar-refractivity contribution in [1.29, 1.82) is 0 Å². The SMILES string of the molecule is C=CCc1ccccc1OCC#CCNS(=O)(=O)c1cccc(C(F)(F)F)c1. The Labute approximate surface area is 162 Å². The average Bonchev–Trinajstić information content (AvgIpc) is 2.65. The first-order valence-corrected chi connectivity index (χ1v) is 9.66. The molecule has 8 heteroatoms. The molecule has 2 aromatic rings. The van der Waals surface area contributed by atoms with Crippen LogP contribution in [0.25, 0.3) is 0 Å². The maximum atomic E-state index is 12.7. The number of hydrogen-bond acceptors (Lipinski definition) is 3. The zero-order valence-corrected chi connectivity index (χ0v) is 15.6. The fourth-order valence-electron chi connectivity index (χ4n) is 2.25. The van der Waals surface area contributed by atoms with Gasteiger partial charge in [0.1, 0.15) is 12.4 Å². The minimum Gasteiger partial charge on any atom is -0.481 e. The van der Waals surface area contributed by atoms with Crippen molar-refractivity contribution in [3.8, 4) is 17.6 Å². The smallest absolute Gasteiger partial charge is 0.416 e. The van der Waals surface area contributed by atoms with Crippen molar-refractivity contribution >= 4 is 10.0 Å². The van der Waals surface area contributed by atoms with Crippen molar-refractivity contribution in [2.45, 2.75) is 17.5 Å². The van der Waals surface area contributed by atoms with Crippen LogP contribution in [0, 0.1) is 11.8 Å². The molecular formula is C20H18F3NO3S. The molecule has 0 radical (unpaired) electrons. The molecule has 0 bridgehead atoms. The molecule has 0 spiro atoms. The summed E-state index contributed by atoms with van der Waals surface area (Å²) in [5.41, 5.74) is -0.0856. The highest BCUT2D eigenvalue weighted by molar-refractivity contribution is 7.89. The van der Waals surface area contributed by atoms with Gasteiger partial charge in [0.15, 0.2) is 0 Å². The number of rotatable bonds is 7. The maximum absolute atomic E-state index is 12.7. The molecule has 0 aliphatic rings. The molecule has 1 N–H and O–H groups in total. The summed E-state index contributed by atoms with van der Waals surface area (Å²) in [6.45, 7) is 3.46. The predicted molar refractivity (Wildman–Crippen MR) is 100 cm³/mol. The van der Waals surface area contributed by atoms with Gasteiger partial charge in [0.25, 0.3) is 0 Å². The van der Waals surface area contributed by atoms with Gasteiger partial charge in [-0.15, -0.1) is 6.58 Å². The Balaban J connectivity index is 1.93. The van der Waals surface area contributed by atoms with Gasteiger partial charge in [-0.1, -0.05) is 42.2 Å². The maximum Gasteiger partial charge on any atom is 0.416 e. The Hall–Kier alpha value is -2.76. The Kier molecular flexibility index (Phi) is 7.26. The Morgan fingerprint density at radius 3 is 2.57 bits per heavy atom. The monoisotopic (exact) mass is 409 g/mol. The number of para-hydroxylation sites is 1. The fourth-order valence-corrected chi connectivity index (χ4v) is 3.22. The molecule has 0 unspecified atom stereocenters. The summed E-state index contributed by atoms with van der Waals surface area (Å²) in [5.74, 6) is 5.88. The third-order valence-corrected chi connectivity index (χ3v) is 4.98. The molecule has 2 rings (SSSR count). The van der Waals surface area contributed by atoms with E-state index >= 15 is 0 Å². The van der Waals surface area contributed by atoms with E-state index in [9.17, 15) is 21.6 Å². The van der Waals surface area contributed by atoms with Crippen LogP contribution in [0.1, 0.15) is 11.1 Å². The normalized spacial score (nSPS) is 11.4. The summed E-state index contributed by atoms with van der Waals surface area (Å²) in [6.07, 6.45) is -2.23. The zero-order valence-electron chi connectivity index (χ0n) is 14.8. The molecule has 4 nitrogen and oxygen atoms in total. The number of ether oxygens (including phenoxy) is 1. The fraction of sp³-hybridized carbons (Fsp3) is 0.200. The van der Waals surface area contributed by atoms with Crippen LogP contribution in [0.4, 0.5) is 13.2 Å². The summed E-state index contributed by atoms with van der Waals surface area (Å²) in [4.78, 5) is -0.473. The molecule has 0 aliphatic carbocycles. The van der Waals surface area contributed by atoms with Crippen molar-refractivity contribution in [2.24, 2.45) is 0 Å². The Morgan fingerprint density at radius 1 is 1.11 bits per heavy atom. The quantitative estimate of drug-likeness (QED) is 0.559. The van der Waals surface area contributed by atoms with E-state index in [1.54, 1.807) is 12.1 Å². The number of benzene rings is 2. The van der Waals surface area contributed by atoms with Crippen LogP contribution in [0.2, 0.25) is 0 Å². The first-order chi connectivity index (χ1) is 13.2. The summed E-state index contributed by atoms with van der Waals surface area (Å²) >= 11 is 0. The van der Waals surface area contributed by atoms with Crippen molar-refractivity contribution < 1.29 is 26.3 Å². The molecular weight excluding hydrogens is 391 g/mol. The molecule has 0 aliphatic heterocycles. The van der Waals surface area contributed by atoms with Gasteiger partial charge < -0.3 is 4.74 Å². The van der Waals surface area contributed by atoms with Gasteiger partial charge in [-0.2, -0.15) is 17.9 Å². The van der Waals surface area contributed by atoms with Gasteiger partial charge in [0.2, 0.25) is 10.0 Å². The third kappa shape index (κ3) is 6.15. The molecule has 0 aromatic heterocycles. The highest BCUT2D eigenvalue weighted by atomic mass is 32.2. The molecule has 0 fully saturated rings. The predicted octanol–water partition coefficient (Wildman–Crippen LogP) is 3.79. The summed E-state index contributed by atoms with van der Waals surface area (Å²) in [5, 5.41) is 0. The minimum atomic E-state index is -4.62. The van der Waals surface area contributed by atoms with E-state index < -0.39 is 26.7 Å². The summed E-state index contributed by atoms with van der Waals surface area (Å²) in [7, 11) is -4.10. The van der Waals surface area contributed by atoms with Crippen LogP contribution in [0.3, 0.4) is 0 Å². The van der Waals surface area contributed by atoms with Crippen molar-refractivity contribution in [3.05, 3.63) is 72.3 Å². The topological polar surface area (TPSA) is 55.4 Å². The first kappa shape index (κ1) is 21.5. The molecule has 0 heterocycles. The molecule has 0 amide bonds. The van der Waals surface area contributed by atoms with Crippen LogP contribution in [-0.4, -0.2) is 21.6 Å². The van der Waals surface area contributed by atoms with Crippen molar-refractivity contribution in [3.63, 3.8) is 0 Å². The average molecular weight is 409 g/mol. The minimum absolute atomic E-state index is 0.0411. The lowest BCUT2D eigenvalue weighted by Gasteiger charge is -2.09. The second kappa shape index (κ2) is 9.44. The number of sulfonamides is 1. The number of hydrogen-bond donors (Lipinski definition) is 1. The zero-order chi connectivity index (χ0) is 20.6. The van der Waals surface area contributed by atoms with E-state index in [1.165, 1.54) is 0 Å². The van der Waals surface area contributed by atoms with E-state index in [-0.39, 0.29) is 13.2 Å². The lowest BCUT2D eigenvalue weighted by Crippen LogP contribution is -2.24. The van der Waals surface area contributed by atoms with Gasteiger partial charge in [0, 0.05) is 0 Å². The number of halogens is 3. The van der Waals surface area contributed by atoms with Crippen LogP contribution >= 0.6 is 0 Å². The van der Waals surface area contributed by atoms with Gasteiger partial charge in [-0.05, 0) is 36.2 Å². The van der Waals surface area contributed by atoms with Crippen molar-refractivity contribution in [1.82, 2.24) is 4.72 Å². The van der Waals surface area contributed by atoms with Gasteiger partial charge in [0.05, 0.1) is 17.0 Å². The third-order valence-electron chi connectivity index (χ3n) is 3.58. The molecule has 148 valence electrons. The Morgan fingerprint density at radius 2 is 1.86 bits per heavy atom. The van der Waals surface area contributed by atoms with Gasteiger partial charge in [-0.3, -0.25) is 0 Å². The van der Waals surface area contributed by atoms with Crippen LogP contribution in [0.5, 0.6) is 5.75 Å². The van der Waals surface area contributed by atoms with E-state index in [0.717, 1.165) is 23.8 Å². The summed E-state index contributed by atoms with van der Waals surface area (Å²) < 4.78 is 70.0. The standard InChI is InChI=1S/C20H18F3NO3S/c1-2-8-16-9-3-4-12-19(16)27-14-6-5-13-24-28(25,26)18-11-7-10-17(15-18)20(21,22)23/h2-4,7,9-12,15,24H,1,8,13-14H2. The largest absolute Gasteiger partial charge is 0.481 e. The van der Waals surface area contributed by atoms with Crippen LogP contribution in [0.15, 0.2) is 66.1 Å². The molecule has 0 saturated heterocycles. The Bertz CT molecular complexity index is 989. The molecule has 28 heavy (non-hydrogen) atoms. The van der Waals surface area contributed by atoms with Gasteiger partial charge in [-0.25, -0.2) is 8.42 Å². The molecule has 2 aromatic carbocycles. The van der Waals surface area contributed by atoms with Gasteiger partial charge >= 0.3 is 6.18 Å². The number of allylic oxidation sites excluding steroid dienone is 1. The van der Waals surface area contributed by atoms with Crippen LogP contribution in [-0.2, 0) is 22.6 Å². The van der Waals surface area contributed by atoms with Crippen molar-refractivity contribution in [2.75, 3.05) is 13.2 Å². The van der Waals surface area contributed by atoms with Crippen LogP contribution < -0.4 is 9.46 Å². The van der Waals surface area contributed by atoms with E-state index in [0.29, 0.717) is 18.2 Å². The van der Waals surface area contributed by atoms with E-state index in [4.69, 9.17) is 4.74 Å². The first-order valence-electron chi connectivity index (χ1n) is 8.18. The number of alkyl halides is 3. The molecule has 0 saturated carbocycles. The lowest BCUT2D eigenvalue weighted by atomic mass is 10.1. The number of nitrogens with one attached hydrogen (secondary N) is 1. The summed E-state index contributed by atoms with van der Waals surface area (Å²) in [6, 6.07) is 10.9. The lowest BCUT2D eigenvalue weighted by molar-refractivity contribution is -0.137. The van der Waals surface area contributed by atoms with E-state index in [2.05, 4.69) is 23.1 Å². The van der Waals surface area contributed by atoms with E-state index in [1.807, 2.05) is 18.2 Å². The highest BCUT2D eigenvalue weighted by Crippen LogP contribution is 2.30. The molecule has 0 atom stereocenters. The highest BCUT2D eigenvalue weighted by Gasteiger charge is 2.31. The second-order valence-corrected chi connectivity index (χ2v) is 7.36.